The summed E-state index contributed by atoms with van der Waals surface area (Å²) in [6.45, 7) is 3.70. The number of hydrogen-bond donors (Lipinski definition) is 1. The molecule has 1 heterocycles. The van der Waals surface area contributed by atoms with Gasteiger partial charge in [0.1, 0.15) is 16.9 Å². The summed E-state index contributed by atoms with van der Waals surface area (Å²) in [4.78, 5) is 28.2. The van der Waals surface area contributed by atoms with Gasteiger partial charge >= 0.3 is 0 Å². The highest BCUT2D eigenvalue weighted by Crippen LogP contribution is 2.22. The summed E-state index contributed by atoms with van der Waals surface area (Å²) in [6, 6.07) is 14.2. The number of halogens is 1. The molecule has 3 aromatic rings. The lowest BCUT2D eigenvalue weighted by Gasteiger charge is -2.06. The van der Waals surface area contributed by atoms with Crippen LogP contribution in [0.2, 0.25) is 0 Å². The van der Waals surface area contributed by atoms with E-state index in [4.69, 9.17) is 9.15 Å². The van der Waals surface area contributed by atoms with Crippen LogP contribution < -0.4 is 15.6 Å². The standard InChI is InChI=1S/C20H17BrN2O4/c1-3-26-16-6-4-5-15(11-16)23-20-17(19(25)22-12(2)24)10-13-9-14(21)7-8-18(13)27-20/h4-11H,3H2,1-2H3,(H,22,24,25). The van der Waals surface area contributed by atoms with Crippen molar-refractivity contribution in [2.45, 2.75) is 13.8 Å². The van der Waals surface area contributed by atoms with E-state index >= 15 is 0 Å². The largest absolute Gasteiger partial charge is 0.494 e. The Morgan fingerprint density at radius 3 is 2.74 bits per heavy atom. The van der Waals surface area contributed by atoms with Crippen molar-refractivity contribution in [1.82, 2.24) is 5.32 Å². The van der Waals surface area contributed by atoms with Crippen LogP contribution in [0.1, 0.15) is 24.2 Å². The predicted octanol–water partition coefficient (Wildman–Crippen LogP) is 4.10. The average molecular weight is 429 g/mol. The fourth-order valence-corrected chi connectivity index (χ4v) is 2.88. The molecular weight excluding hydrogens is 412 g/mol. The van der Waals surface area contributed by atoms with E-state index in [1.54, 1.807) is 30.3 Å². The van der Waals surface area contributed by atoms with Crippen molar-refractivity contribution >= 4 is 44.4 Å². The predicted molar refractivity (Wildman–Crippen MR) is 105 cm³/mol. The van der Waals surface area contributed by atoms with Gasteiger partial charge < -0.3 is 9.15 Å². The van der Waals surface area contributed by atoms with Gasteiger partial charge in [-0.1, -0.05) is 22.0 Å². The van der Waals surface area contributed by atoms with Gasteiger partial charge in [-0.15, -0.1) is 0 Å². The van der Waals surface area contributed by atoms with Crippen molar-refractivity contribution in [3.05, 3.63) is 64.1 Å². The zero-order chi connectivity index (χ0) is 19.4. The van der Waals surface area contributed by atoms with Crippen LogP contribution in [0.25, 0.3) is 11.0 Å². The van der Waals surface area contributed by atoms with Crippen LogP contribution in [0.15, 0.2) is 62.4 Å². The summed E-state index contributed by atoms with van der Waals surface area (Å²) in [5, 5.41) is 2.97. The van der Waals surface area contributed by atoms with Crippen molar-refractivity contribution in [2.24, 2.45) is 4.99 Å². The average Bonchev–Trinajstić information content (AvgIpc) is 2.61. The molecule has 0 aliphatic heterocycles. The van der Waals surface area contributed by atoms with Gasteiger partial charge in [0.2, 0.25) is 11.5 Å². The molecule has 0 aliphatic rings. The first-order valence-electron chi connectivity index (χ1n) is 8.29. The van der Waals surface area contributed by atoms with Gasteiger partial charge in [-0.05, 0) is 43.3 Å². The number of amides is 2. The first-order chi connectivity index (χ1) is 13.0. The maximum absolute atomic E-state index is 12.5. The van der Waals surface area contributed by atoms with Crippen molar-refractivity contribution in [3.63, 3.8) is 0 Å². The van der Waals surface area contributed by atoms with Crippen molar-refractivity contribution in [2.75, 3.05) is 6.61 Å². The first-order valence-corrected chi connectivity index (χ1v) is 9.08. The minimum atomic E-state index is -0.576. The SMILES string of the molecule is CCOc1cccc(N=c2oc3ccc(Br)cc3cc2C(=O)NC(C)=O)c1. The van der Waals surface area contributed by atoms with Crippen molar-refractivity contribution in [1.29, 1.82) is 0 Å². The number of imide groups is 1. The highest BCUT2D eigenvalue weighted by Gasteiger charge is 2.14. The van der Waals surface area contributed by atoms with Crippen LogP contribution in [0.3, 0.4) is 0 Å². The molecule has 0 radical (unpaired) electrons. The molecule has 0 saturated carbocycles. The van der Waals surface area contributed by atoms with Crippen LogP contribution in [-0.4, -0.2) is 18.4 Å². The number of carbonyl (C=O) groups excluding carboxylic acids is 2. The lowest BCUT2D eigenvalue weighted by Crippen LogP contribution is -2.32. The van der Waals surface area contributed by atoms with Crippen LogP contribution in [0.5, 0.6) is 5.75 Å². The summed E-state index contributed by atoms with van der Waals surface area (Å²) in [5.41, 5.74) is 1.41. The number of carbonyl (C=O) groups is 2. The molecule has 0 spiro atoms. The Balaban J connectivity index is 2.19. The van der Waals surface area contributed by atoms with Crippen LogP contribution in [0.4, 0.5) is 5.69 Å². The maximum atomic E-state index is 12.5. The van der Waals surface area contributed by atoms with Gasteiger partial charge in [0.05, 0.1) is 12.3 Å². The van der Waals surface area contributed by atoms with Gasteiger partial charge in [-0.2, -0.15) is 0 Å². The normalized spacial score (nSPS) is 11.4. The topological polar surface area (TPSA) is 80.9 Å². The van der Waals surface area contributed by atoms with E-state index < -0.39 is 11.8 Å². The molecule has 3 rings (SSSR count). The summed E-state index contributed by atoms with van der Waals surface area (Å²) in [5.74, 6) is -0.371. The van der Waals surface area contributed by atoms with E-state index in [0.29, 0.717) is 29.0 Å². The molecule has 0 bridgehead atoms. The molecule has 0 aliphatic carbocycles. The van der Waals surface area contributed by atoms with Gasteiger partial charge in [0.25, 0.3) is 5.91 Å². The number of nitrogens with zero attached hydrogens (tertiary/aromatic N) is 1. The molecule has 0 unspecified atom stereocenters. The maximum Gasteiger partial charge on any atom is 0.263 e. The summed E-state index contributed by atoms with van der Waals surface area (Å²) >= 11 is 3.40. The van der Waals surface area contributed by atoms with E-state index in [-0.39, 0.29) is 11.1 Å². The minimum Gasteiger partial charge on any atom is -0.494 e. The molecule has 0 fully saturated rings. The zero-order valence-electron chi connectivity index (χ0n) is 14.8. The molecule has 2 aromatic carbocycles. The quantitative estimate of drug-likeness (QED) is 0.677. The Kier molecular flexibility index (Phi) is 5.71. The molecule has 7 heteroatoms. The summed E-state index contributed by atoms with van der Waals surface area (Å²) < 4.78 is 12.2. The molecule has 27 heavy (non-hydrogen) atoms. The second-order valence-electron chi connectivity index (χ2n) is 5.70. The Morgan fingerprint density at radius 2 is 2.00 bits per heavy atom. The number of benzene rings is 2. The minimum absolute atomic E-state index is 0.109. The first kappa shape index (κ1) is 18.8. The molecule has 0 saturated heterocycles. The van der Waals surface area contributed by atoms with Crippen LogP contribution in [0, 0.1) is 0 Å². The smallest absolute Gasteiger partial charge is 0.263 e. The fourth-order valence-electron chi connectivity index (χ4n) is 2.50. The number of fused-ring (bicyclic) bond motifs is 1. The lowest BCUT2D eigenvalue weighted by atomic mass is 10.1. The van der Waals surface area contributed by atoms with E-state index in [1.165, 1.54) is 6.92 Å². The van der Waals surface area contributed by atoms with Gasteiger partial charge in [0.15, 0.2) is 0 Å². The molecule has 1 N–H and O–H groups in total. The second kappa shape index (κ2) is 8.18. The number of ether oxygens (including phenoxy) is 1. The van der Waals surface area contributed by atoms with Gasteiger partial charge in [-0.3, -0.25) is 14.9 Å². The molecule has 0 atom stereocenters. The molecule has 6 nitrogen and oxygen atoms in total. The van der Waals surface area contributed by atoms with Crippen molar-refractivity contribution < 1.29 is 18.7 Å². The fraction of sp³-hybridized carbons (Fsp3) is 0.150. The van der Waals surface area contributed by atoms with E-state index in [2.05, 4.69) is 26.2 Å². The van der Waals surface area contributed by atoms with E-state index in [1.807, 2.05) is 25.1 Å². The monoisotopic (exact) mass is 428 g/mol. The lowest BCUT2D eigenvalue weighted by molar-refractivity contribution is -0.118. The summed E-state index contributed by atoms with van der Waals surface area (Å²) in [7, 11) is 0. The Hall–Kier alpha value is -2.93. The number of hydrogen-bond acceptors (Lipinski definition) is 5. The molecule has 138 valence electrons. The third kappa shape index (κ3) is 4.62. The van der Waals surface area contributed by atoms with Gasteiger partial charge in [0, 0.05) is 22.8 Å². The Labute approximate surface area is 164 Å². The molecule has 2 amide bonds. The number of rotatable bonds is 4. The summed E-state index contributed by atoms with van der Waals surface area (Å²) in [6.07, 6.45) is 0. The third-order valence-electron chi connectivity index (χ3n) is 3.60. The number of nitrogens with one attached hydrogen (secondary N) is 1. The van der Waals surface area contributed by atoms with E-state index in [0.717, 1.165) is 4.47 Å². The Morgan fingerprint density at radius 1 is 1.19 bits per heavy atom. The highest BCUT2D eigenvalue weighted by molar-refractivity contribution is 9.10. The molecule has 1 aromatic heterocycles. The second-order valence-corrected chi connectivity index (χ2v) is 6.62. The molecular formula is C20H17BrN2O4. The van der Waals surface area contributed by atoms with Gasteiger partial charge in [-0.25, -0.2) is 4.99 Å². The van der Waals surface area contributed by atoms with Crippen LogP contribution >= 0.6 is 15.9 Å². The zero-order valence-corrected chi connectivity index (χ0v) is 16.4. The third-order valence-corrected chi connectivity index (χ3v) is 4.10. The van der Waals surface area contributed by atoms with E-state index in [9.17, 15) is 9.59 Å². The Bertz CT molecular complexity index is 1090. The highest BCUT2D eigenvalue weighted by atomic mass is 79.9. The van der Waals surface area contributed by atoms with Crippen LogP contribution in [-0.2, 0) is 4.79 Å². The van der Waals surface area contributed by atoms with Crippen molar-refractivity contribution in [3.8, 4) is 5.75 Å².